The average Bonchev–Trinajstić information content (AvgIpc) is 2.64. The minimum Gasteiger partial charge on any atom is -0.459 e. The molecular formula is C14H20O5. The van der Waals surface area contributed by atoms with Crippen LogP contribution in [0.3, 0.4) is 0 Å². The predicted molar refractivity (Wildman–Crippen MR) is 65.6 cm³/mol. The third-order valence-corrected chi connectivity index (χ3v) is 4.55. The smallest absolute Gasteiger partial charge is 0.303 e. The zero-order valence-corrected chi connectivity index (χ0v) is 11.8. The van der Waals surface area contributed by atoms with E-state index in [1.54, 1.807) is 0 Å². The van der Waals surface area contributed by atoms with Gasteiger partial charge in [0.05, 0.1) is 5.92 Å². The molecule has 5 heteroatoms. The lowest BCUT2D eigenvalue weighted by atomic mass is 9.59. The minimum absolute atomic E-state index is 0.00982. The molecule has 2 bridgehead atoms. The maximum absolute atomic E-state index is 11.3. The van der Waals surface area contributed by atoms with Crippen molar-refractivity contribution in [2.75, 3.05) is 0 Å². The van der Waals surface area contributed by atoms with Crippen molar-refractivity contribution >= 4 is 5.97 Å². The summed E-state index contributed by atoms with van der Waals surface area (Å²) in [5.41, 5.74) is -0.589. The third kappa shape index (κ3) is 1.87. The summed E-state index contributed by atoms with van der Waals surface area (Å²) in [6.07, 6.45) is 2.84. The van der Waals surface area contributed by atoms with E-state index in [9.17, 15) is 4.79 Å². The first kappa shape index (κ1) is 12.9. The Bertz CT molecular complexity index is 441. The molecule has 5 nitrogen and oxygen atoms in total. The molecule has 0 aromatic heterocycles. The molecule has 0 aromatic carbocycles. The molecular weight excluding hydrogens is 248 g/mol. The van der Waals surface area contributed by atoms with Crippen molar-refractivity contribution in [1.82, 2.24) is 0 Å². The number of hydrogen-bond acceptors (Lipinski definition) is 5. The Morgan fingerprint density at radius 2 is 2.16 bits per heavy atom. The van der Waals surface area contributed by atoms with Gasteiger partial charge >= 0.3 is 5.97 Å². The SMILES string of the molecule is CC(=O)O[C@@H]1CCC(C)(C)C2C3=C[C@@H](OO3)O[C@]21C. The lowest BCUT2D eigenvalue weighted by molar-refractivity contribution is -0.327. The van der Waals surface area contributed by atoms with E-state index < -0.39 is 11.9 Å². The number of hydrogen-bond donors (Lipinski definition) is 0. The lowest BCUT2D eigenvalue weighted by Crippen LogP contribution is -2.60. The van der Waals surface area contributed by atoms with Gasteiger partial charge in [0.1, 0.15) is 17.5 Å². The van der Waals surface area contributed by atoms with E-state index in [0.29, 0.717) is 0 Å². The highest BCUT2D eigenvalue weighted by Gasteiger charge is 2.61. The summed E-state index contributed by atoms with van der Waals surface area (Å²) in [7, 11) is 0. The maximum atomic E-state index is 11.3. The van der Waals surface area contributed by atoms with E-state index in [1.807, 2.05) is 13.0 Å². The summed E-state index contributed by atoms with van der Waals surface area (Å²) >= 11 is 0. The zero-order valence-electron chi connectivity index (χ0n) is 11.8. The van der Waals surface area contributed by atoms with Crippen molar-refractivity contribution in [2.45, 2.75) is 58.5 Å². The topological polar surface area (TPSA) is 54.0 Å². The quantitative estimate of drug-likeness (QED) is 0.539. The largest absolute Gasteiger partial charge is 0.459 e. The Kier molecular flexibility index (Phi) is 2.70. The number of rotatable bonds is 1. The van der Waals surface area contributed by atoms with E-state index in [-0.39, 0.29) is 23.4 Å². The van der Waals surface area contributed by atoms with Crippen molar-refractivity contribution in [3.05, 3.63) is 11.8 Å². The summed E-state index contributed by atoms with van der Waals surface area (Å²) in [6.45, 7) is 7.80. The van der Waals surface area contributed by atoms with Gasteiger partial charge in [-0.1, -0.05) is 13.8 Å². The monoisotopic (exact) mass is 268 g/mol. The fourth-order valence-electron chi connectivity index (χ4n) is 3.82. The minimum atomic E-state index is -0.599. The molecule has 3 rings (SSSR count). The number of ether oxygens (including phenoxy) is 2. The van der Waals surface area contributed by atoms with Crippen LogP contribution in [0.1, 0.15) is 40.5 Å². The van der Waals surface area contributed by atoms with Crippen LogP contribution in [0, 0.1) is 11.3 Å². The molecule has 1 saturated carbocycles. The van der Waals surface area contributed by atoms with Crippen LogP contribution in [0.5, 0.6) is 0 Å². The fourth-order valence-corrected chi connectivity index (χ4v) is 3.82. The van der Waals surface area contributed by atoms with Crippen LogP contribution in [0.4, 0.5) is 0 Å². The van der Waals surface area contributed by atoms with Crippen molar-refractivity contribution in [3.8, 4) is 0 Å². The number of carbonyl (C=O) groups excluding carboxylic acids is 1. The summed E-state index contributed by atoms with van der Waals surface area (Å²) in [5.74, 6) is 0.555. The van der Waals surface area contributed by atoms with Crippen LogP contribution in [0.15, 0.2) is 11.8 Å². The third-order valence-electron chi connectivity index (χ3n) is 4.55. The average molecular weight is 268 g/mol. The Hall–Kier alpha value is -1.07. The normalized spacial score (nSPS) is 42.9. The van der Waals surface area contributed by atoms with Crippen LogP contribution in [-0.2, 0) is 24.0 Å². The predicted octanol–water partition coefficient (Wildman–Crippen LogP) is 2.32. The molecule has 2 heterocycles. The van der Waals surface area contributed by atoms with Crippen LogP contribution in [0.25, 0.3) is 0 Å². The number of carbonyl (C=O) groups is 1. The highest BCUT2D eigenvalue weighted by Crippen LogP contribution is 2.56. The molecule has 1 fully saturated rings. The maximum Gasteiger partial charge on any atom is 0.303 e. The highest BCUT2D eigenvalue weighted by atomic mass is 17.2. The van der Waals surface area contributed by atoms with Crippen molar-refractivity contribution < 1.29 is 24.0 Å². The highest BCUT2D eigenvalue weighted by molar-refractivity contribution is 5.66. The van der Waals surface area contributed by atoms with Crippen LogP contribution < -0.4 is 0 Å². The van der Waals surface area contributed by atoms with Crippen molar-refractivity contribution in [3.63, 3.8) is 0 Å². The molecule has 0 saturated heterocycles. The Labute approximate surface area is 112 Å². The summed E-state index contributed by atoms with van der Waals surface area (Å²) in [5, 5.41) is 0. The lowest BCUT2D eigenvalue weighted by Gasteiger charge is -2.53. The van der Waals surface area contributed by atoms with Gasteiger partial charge in [-0.25, -0.2) is 0 Å². The first-order chi connectivity index (χ1) is 8.83. The summed E-state index contributed by atoms with van der Waals surface area (Å²) in [6, 6.07) is 0. The molecule has 4 atom stereocenters. The van der Waals surface area contributed by atoms with E-state index in [2.05, 4.69) is 13.8 Å². The van der Waals surface area contributed by atoms with Gasteiger partial charge in [-0.05, 0) is 25.2 Å². The van der Waals surface area contributed by atoms with Gasteiger partial charge < -0.3 is 14.4 Å². The Morgan fingerprint density at radius 1 is 1.42 bits per heavy atom. The Morgan fingerprint density at radius 3 is 2.84 bits per heavy atom. The van der Waals surface area contributed by atoms with Gasteiger partial charge in [-0.3, -0.25) is 4.79 Å². The van der Waals surface area contributed by atoms with Crippen molar-refractivity contribution in [2.24, 2.45) is 11.3 Å². The second-order valence-corrected chi connectivity index (χ2v) is 6.48. The van der Waals surface area contributed by atoms with Gasteiger partial charge in [-0.15, -0.1) is 0 Å². The van der Waals surface area contributed by atoms with Crippen LogP contribution >= 0.6 is 0 Å². The molecule has 2 aliphatic heterocycles. The molecule has 1 unspecified atom stereocenters. The standard InChI is InChI=1S/C14H20O5/c1-8(15)16-10-5-6-13(2,3)12-9-7-11(19-18-9)17-14(10,12)4/h7,10-12H,5-6H2,1-4H3/t10-,11-,12?,14+/m1/s1. The molecule has 0 aromatic rings. The van der Waals surface area contributed by atoms with Gasteiger partial charge in [-0.2, -0.15) is 4.89 Å². The molecule has 106 valence electrons. The molecule has 0 radical (unpaired) electrons. The number of fused-ring (bicyclic) bond motifs is 3. The van der Waals surface area contributed by atoms with E-state index in [4.69, 9.17) is 19.2 Å². The zero-order chi connectivity index (χ0) is 13.8. The van der Waals surface area contributed by atoms with Crippen LogP contribution in [0.2, 0.25) is 0 Å². The fraction of sp³-hybridized carbons (Fsp3) is 0.786. The van der Waals surface area contributed by atoms with Crippen LogP contribution in [-0.4, -0.2) is 24.0 Å². The summed E-state index contributed by atoms with van der Waals surface area (Å²) < 4.78 is 11.5. The summed E-state index contributed by atoms with van der Waals surface area (Å²) in [4.78, 5) is 21.7. The van der Waals surface area contributed by atoms with E-state index in [1.165, 1.54) is 6.92 Å². The molecule has 0 spiro atoms. The van der Waals surface area contributed by atoms with Gasteiger partial charge in [0.2, 0.25) is 6.29 Å². The van der Waals surface area contributed by atoms with Gasteiger partial charge in [0.25, 0.3) is 0 Å². The van der Waals surface area contributed by atoms with Gasteiger partial charge in [0.15, 0.2) is 0 Å². The molecule has 19 heavy (non-hydrogen) atoms. The van der Waals surface area contributed by atoms with E-state index in [0.717, 1.165) is 18.6 Å². The Balaban J connectivity index is 1.99. The molecule has 3 aliphatic rings. The molecule has 0 N–H and O–H groups in total. The van der Waals surface area contributed by atoms with E-state index >= 15 is 0 Å². The van der Waals surface area contributed by atoms with Gasteiger partial charge in [0, 0.05) is 13.0 Å². The first-order valence-electron chi connectivity index (χ1n) is 6.73. The molecule has 1 aliphatic carbocycles. The number of esters is 1. The first-order valence-corrected chi connectivity index (χ1v) is 6.73. The second kappa shape index (κ2) is 3.96. The molecule has 0 amide bonds. The van der Waals surface area contributed by atoms with Crippen molar-refractivity contribution in [1.29, 1.82) is 0 Å². The second-order valence-electron chi connectivity index (χ2n) is 6.48.